The number of pyridine rings is 1. The van der Waals surface area contributed by atoms with E-state index in [0.29, 0.717) is 21.0 Å². The number of halogens is 3. The van der Waals surface area contributed by atoms with Crippen LogP contribution >= 0.6 is 11.8 Å². The molecule has 4 N–H and O–H groups in total. The maximum absolute atomic E-state index is 12.7. The van der Waals surface area contributed by atoms with E-state index in [0.717, 1.165) is 23.9 Å². The molecule has 0 amide bonds. The quantitative estimate of drug-likeness (QED) is 0.745. The second-order valence-electron chi connectivity index (χ2n) is 4.61. The van der Waals surface area contributed by atoms with Crippen molar-refractivity contribution in [2.45, 2.75) is 16.1 Å². The number of hydrogen-bond donors (Lipinski definition) is 2. The summed E-state index contributed by atoms with van der Waals surface area (Å²) >= 11 is 1.09. The van der Waals surface area contributed by atoms with Crippen LogP contribution in [0.3, 0.4) is 0 Å². The molecule has 0 unspecified atom stereocenters. The van der Waals surface area contributed by atoms with Crippen molar-refractivity contribution in [1.82, 2.24) is 15.0 Å². The summed E-state index contributed by atoms with van der Waals surface area (Å²) in [7, 11) is 0. The summed E-state index contributed by atoms with van der Waals surface area (Å²) in [5, 5.41) is 0.483. The van der Waals surface area contributed by atoms with Gasteiger partial charge < -0.3 is 11.5 Å². The largest absolute Gasteiger partial charge is 0.416 e. The Kier molecular flexibility index (Phi) is 3.72. The first-order valence-electron chi connectivity index (χ1n) is 6.38. The van der Waals surface area contributed by atoms with Crippen molar-refractivity contribution in [2.24, 2.45) is 0 Å². The lowest BCUT2D eigenvalue weighted by Gasteiger charge is -2.08. The fourth-order valence-electron chi connectivity index (χ4n) is 1.95. The fourth-order valence-corrected chi connectivity index (χ4v) is 2.80. The van der Waals surface area contributed by atoms with Crippen LogP contribution in [0, 0.1) is 0 Å². The van der Waals surface area contributed by atoms with Gasteiger partial charge in [0.15, 0.2) is 5.82 Å². The molecule has 3 aromatic rings. The van der Waals surface area contributed by atoms with E-state index in [2.05, 4.69) is 15.0 Å². The zero-order chi connectivity index (χ0) is 16.6. The summed E-state index contributed by atoms with van der Waals surface area (Å²) < 4.78 is 38.2. The van der Waals surface area contributed by atoms with Crippen LogP contribution in [0.1, 0.15) is 5.56 Å². The second-order valence-corrected chi connectivity index (χ2v) is 5.71. The van der Waals surface area contributed by atoms with E-state index in [1.807, 2.05) is 0 Å². The molecule has 1 aromatic carbocycles. The van der Waals surface area contributed by atoms with Crippen LogP contribution in [0.25, 0.3) is 11.0 Å². The minimum Gasteiger partial charge on any atom is -0.382 e. The number of nitrogens with zero attached hydrogens (tertiary/aromatic N) is 3. The highest BCUT2D eigenvalue weighted by Gasteiger charge is 2.30. The van der Waals surface area contributed by atoms with Crippen molar-refractivity contribution in [3.63, 3.8) is 0 Å². The molecule has 9 heteroatoms. The Hall–Kier alpha value is -2.55. The molecule has 0 spiro atoms. The molecule has 0 saturated carbocycles. The number of nitrogen functional groups attached to an aromatic ring is 2. The summed E-state index contributed by atoms with van der Waals surface area (Å²) in [6.07, 6.45) is -4.39. The highest BCUT2D eigenvalue weighted by Crippen LogP contribution is 2.34. The van der Waals surface area contributed by atoms with Gasteiger partial charge in [-0.3, -0.25) is 0 Å². The van der Waals surface area contributed by atoms with E-state index >= 15 is 0 Å². The number of rotatable bonds is 2. The SMILES string of the molecule is Nc1nc(N)c2nc(Sc3cccc(C(F)(F)F)c3)ccc2n1. The highest BCUT2D eigenvalue weighted by molar-refractivity contribution is 7.99. The Balaban J connectivity index is 1.96. The van der Waals surface area contributed by atoms with Gasteiger partial charge in [0.1, 0.15) is 10.5 Å². The van der Waals surface area contributed by atoms with Gasteiger partial charge in [-0.2, -0.15) is 18.2 Å². The van der Waals surface area contributed by atoms with Crippen molar-refractivity contribution in [3.05, 3.63) is 42.0 Å². The Bertz CT molecular complexity index is 882. The molecule has 0 atom stereocenters. The molecule has 0 radical (unpaired) electrons. The molecule has 2 heterocycles. The van der Waals surface area contributed by atoms with E-state index < -0.39 is 11.7 Å². The standard InChI is InChI=1S/C14H10F3N5S/c15-14(16,17)7-2-1-3-8(6-7)23-10-5-4-9-11(21-10)12(18)22-13(19)20-9/h1-6H,(H4,18,19,20,22). The number of alkyl halides is 3. The van der Waals surface area contributed by atoms with Gasteiger partial charge in [0.2, 0.25) is 5.95 Å². The monoisotopic (exact) mass is 337 g/mol. The van der Waals surface area contributed by atoms with Crippen LogP contribution in [0.4, 0.5) is 24.9 Å². The van der Waals surface area contributed by atoms with Crippen molar-refractivity contribution < 1.29 is 13.2 Å². The predicted octanol–water partition coefficient (Wildman–Crippen LogP) is 3.36. The van der Waals surface area contributed by atoms with Crippen LogP contribution in [-0.2, 0) is 6.18 Å². The van der Waals surface area contributed by atoms with E-state index in [4.69, 9.17) is 11.5 Å². The first kappa shape index (κ1) is 15.3. The zero-order valence-corrected chi connectivity index (χ0v) is 12.3. The maximum atomic E-state index is 12.7. The summed E-state index contributed by atoms with van der Waals surface area (Å²) in [5.74, 6) is 0.161. The molecule has 0 aliphatic rings. The third-order valence-corrected chi connectivity index (χ3v) is 3.87. The highest BCUT2D eigenvalue weighted by atomic mass is 32.2. The van der Waals surface area contributed by atoms with E-state index in [-0.39, 0.29) is 11.8 Å². The average molecular weight is 337 g/mol. The van der Waals surface area contributed by atoms with Crippen LogP contribution in [0.5, 0.6) is 0 Å². The molecule has 3 rings (SSSR count). The summed E-state index contributed by atoms with van der Waals surface area (Å²) in [5.41, 5.74) is 11.4. The third-order valence-electron chi connectivity index (χ3n) is 2.94. The average Bonchev–Trinajstić information content (AvgIpc) is 2.47. The first-order chi connectivity index (χ1) is 10.8. The van der Waals surface area contributed by atoms with Gasteiger partial charge in [0, 0.05) is 4.90 Å². The third kappa shape index (κ3) is 3.29. The topological polar surface area (TPSA) is 90.7 Å². The van der Waals surface area contributed by atoms with Gasteiger partial charge >= 0.3 is 6.18 Å². The molecule has 0 fully saturated rings. The van der Waals surface area contributed by atoms with E-state index in [1.54, 1.807) is 18.2 Å². The molecule has 0 aliphatic carbocycles. The summed E-state index contributed by atoms with van der Waals surface area (Å²) in [6, 6.07) is 8.30. The molecule has 118 valence electrons. The smallest absolute Gasteiger partial charge is 0.382 e. The predicted molar refractivity (Wildman–Crippen MR) is 81.7 cm³/mol. The first-order valence-corrected chi connectivity index (χ1v) is 7.19. The number of nitrogens with two attached hydrogens (primary N) is 2. The molecule has 0 aliphatic heterocycles. The number of benzene rings is 1. The Morgan fingerprint density at radius 3 is 2.48 bits per heavy atom. The number of hydrogen-bond acceptors (Lipinski definition) is 6. The lowest BCUT2D eigenvalue weighted by Crippen LogP contribution is -2.04. The van der Waals surface area contributed by atoms with Crippen molar-refractivity contribution in [2.75, 3.05) is 11.5 Å². The molecular formula is C14H10F3N5S. The number of aromatic nitrogens is 3. The summed E-state index contributed by atoms with van der Waals surface area (Å²) in [4.78, 5) is 12.5. The van der Waals surface area contributed by atoms with Gasteiger partial charge in [0.05, 0.1) is 11.1 Å². The fraction of sp³-hybridized carbons (Fsp3) is 0.0714. The Morgan fingerprint density at radius 2 is 1.74 bits per heavy atom. The van der Waals surface area contributed by atoms with Gasteiger partial charge in [-0.25, -0.2) is 9.97 Å². The minimum atomic E-state index is -4.39. The lowest BCUT2D eigenvalue weighted by atomic mass is 10.2. The molecular weight excluding hydrogens is 327 g/mol. The second kappa shape index (κ2) is 5.58. The zero-order valence-electron chi connectivity index (χ0n) is 11.5. The Labute approximate surface area is 132 Å². The molecule has 5 nitrogen and oxygen atoms in total. The van der Waals surface area contributed by atoms with Gasteiger partial charge in [-0.1, -0.05) is 17.8 Å². The van der Waals surface area contributed by atoms with Crippen molar-refractivity contribution in [1.29, 1.82) is 0 Å². The van der Waals surface area contributed by atoms with Crippen molar-refractivity contribution >= 4 is 34.6 Å². The van der Waals surface area contributed by atoms with E-state index in [1.165, 1.54) is 6.07 Å². The molecule has 2 aromatic heterocycles. The minimum absolute atomic E-state index is 0.0371. The molecule has 0 bridgehead atoms. The van der Waals surface area contributed by atoms with Crippen LogP contribution in [0.15, 0.2) is 46.3 Å². The number of anilines is 2. The Morgan fingerprint density at radius 1 is 0.957 bits per heavy atom. The van der Waals surface area contributed by atoms with Gasteiger partial charge in [-0.05, 0) is 30.3 Å². The van der Waals surface area contributed by atoms with Crippen LogP contribution in [0.2, 0.25) is 0 Å². The van der Waals surface area contributed by atoms with Crippen LogP contribution in [-0.4, -0.2) is 15.0 Å². The maximum Gasteiger partial charge on any atom is 0.416 e. The summed E-state index contributed by atoms with van der Waals surface area (Å²) in [6.45, 7) is 0. The van der Waals surface area contributed by atoms with Gasteiger partial charge in [0.25, 0.3) is 0 Å². The molecule has 0 saturated heterocycles. The molecule has 23 heavy (non-hydrogen) atoms. The number of fused-ring (bicyclic) bond motifs is 1. The lowest BCUT2D eigenvalue weighted by molar-refractivity contribution is -0.137. The van der Waals surface area contributed by atoms with Gasteiger partial charge in [-0.15, -0.1) is 0 Å². The normalized spacial score (nSPS) is 11.8. The van der Waals surface area contributed by atoms with Crippen LogP contribution < -0.4 is 11.5 Å². The van der Waals surface area contributed by atoms with E-state index in [9.17, 15) is 13.2 Å². The van der Waals surface area contributed by atoms with Crippen molar-refractivity contribution in [3.8, 4) is 0 Å².